The molecule has 0 fully saturated rings. The lowest BCUT2D eigenvalue weighted by Gasteiger charge is -2.20. The number of anilines is 1. The number of hydrogen-bond donors (Lipinski definition) is 7. The molecule has 0 aromatic heterocycles. The second-order valence-corrected chi connectivity index (χ2v) is 11.5. The van der Waals surface area contributed by atoms with Crippen LogP contribution in [-0.2, 0) is 9.59 Å². The molecule has 11 nitrogen and oxygen atoms in total. The molecule has 0 saturated heterocycles. The van der Waals surface area contributed by atoms with E-state index in [0.717, 1.165) is 16.5 Å². The number of aliphatic imine (C=N–C) groups is 1. The van der Waals surface area contributed by atoms with Gasteiger partial charge in [-0.15, -0.1) is 0 Å². The number of hydrogen-bond acceptors (Lipinski definition) is 8. The number of amides is 2. The van der Waals surface area contributed by atoms with E-state index in [1.165, 1.54) is 29.1 Å². The first-order valence-electron chi connectivity index (χ1n) is 15.1. The molecule has 1 heterocycles. The van der Waals surface area contributed by atoms with Gasteiger partial charge in [-0.2, -0.15) is 0 Å². The number of β-amino-alcohol motifs (C(OH)–C–C–N with tert-alkyl or cyclic N) is 1. The number of nitrogens with one attached hydrogen (secondary N) is 4. The molecular weight excluding hydrogens is 586 g/mol. The number of phenolic OH excluding ortho intramolecular Hbond substituents is 1. The topological polar surface area (TPSA) is 172 Å². The van der Waals surface area contributed by atoms with E-state index in [0.29, 0.717) is 29.7 Å². The van der Waals surface area contributed by atoms with Crippen molar-refractivity contribution in [1.82, 2.24) is 16.0 Å². The molecule has 0 radical (unpaired) electrons. The summed E-state index contributed by atoms with van der Waals surface area (Å²) >= 11 is 0. The quantitative estimate of drug-likeness (QED) is 0.138. The Kier molecular flexibility index (Phi) is 9.82. The average molecular weight is 624 g/mol. The van der Waals surface area contributed by atoms with E-state index in [-0.39, 0.29) is 24.3 Å². The standard InChI is InChI=1S/C35H37N5O6/c1-20(2)27-11-12-28(30-6-4-3-5-29(27)30)21-7-9-22(10-8-21)31(16-33(44)45)40-32(43)19-36-34(46)23-13-24(15-25(41)14-23)39-35-37-17-26(42)18-38-35/h3-15,20,26,31,41-42H,16-19H2,1-2H3,(H,36,46)(H,40,43)(H,44,45)(H2,37,38,39)/t31-/m0/s1. The van der Waals surface area contributed by atoms with Gasteiger partial charge in [-0.3, -0.25) is 19.4 Å². The van der Waals surface area contributed by atoms with Gasteiger partial charge >= 0.3 is 5.97 Å². The summed E-state index contributed by atoms with van der Waals surface area (Å²) in [6.45, 7) is 4.44. The Bertz CT molecular complexity index is 1790. The highest BCUT2D eigenvalue weighted by Crippen LogP contribution is 2.34. The highest BCUT2D eigenvalue weighted by atomic mass is 16.4. The van der Waals surface area contributed by atoms with Crippen LogP contribution in [0.25, 0.3) is 21.9 Å². The zero-order valence-electron chi connectivity index (χ0n) is 25.6. The largest absolute Gasteiger partial charge is 0.508 e. The van der Waals surface area contributed by atoms with Crippen LogP contribution < -0.4 is 21.3 Å². The molecule has 46 heavy (non-hydrogen) atoms. The van der Waals surface area contributed by atoms with E-state index in [1.807, 2.05) is 24.3 Å². The van der Waals surface area contributed by atoms with Gasteiger partial charge in [0.05, 0.1) is 31.7 Å². The van der Waals surface area contributed by atoms with Crippen molar-refractivity contribution in [2.75, 3.05) is 25.0 Å². The highest BCUT2D eigenvalue weighted by molar-refractivity contribution is 6.00. The number of benzene rings is 4. The lowest BCUT2D eigenvalue weighted by atomic mass is 9.90. The Hall–Kier alpha value is -5.42. The van der Waals surface area contributed by atoms with Gasteiger partial charge in [-0.25, -0.2) is 0 Å². The Morgan fingerprint density at radius 1 is 0.978 bits per heavy atom. The lowest BCUT2D eigenvalue weighted by molar-refractivity contribution is -0.137. The number of carboxylic acids is 1. The summed E-state index contributed by atoms with van der Waals surface area (Å²) in [5.74, 6) is -1.69. The second kappa shape index (κ2) is 14.1. The summed E-state index contributed by atoms with van der Waals surface area (Å²) in [4.78, 5) is 41.5. The van der Waals surface area contributed by atoms with Crippen LogP contribution in [0.2, 0.25) is 0 Å². The van der Waals surface area contributed by atoms with Crippen molar-refractivity contribution in [2.45, 2.75) is 38.3 Å². The first-order valence-corrected chi connectivity index (χ1v) is 15.1. The third-order valence-corrected chi connectivity index (χ3v) is 7.74. The third kappa shape index (κ3) is 7.80. The Labute approximate surface area is 266 Å². The fourth-order valence-corrected chi connectivity index (χ4v) is 5.47. The molecule has 4 aromatic carbocycles. The highest BCUT2D eigenvalue weighted by Gasteiger charge is 2.20. The number of carbonyl (C=O) groups is 3. The monoisotopic (exact) mass is 623 g/mol. The van der Waals surface area contributed by atoms with Gasteiger partial charge in [0.2, 0.25) is 5.91 Å². The number of rotatable bonds is 10. The Morgan fingerprint density at radius 2 is 1.72 bits per heavy atom. The number of carbonyl (C=O) groups excluding carboxylic acids is 2. The van der Waals surface area contributed by atoms with E-state index in [1.54, 1.807) is 12.1 Å². The van der Waals surface area contributed by atoms with Crippen molar-refractivity contribution >= 4 is 40.2 Å². The number of aliphatic hydroxyl groups is 1. The molecule has 1 unspecified atom stereocenters. The minimum atomic E-state index is -1.08. The summed E-state index contributed by atoms with van der Waals surface area (Å²) in [5.41, 5.74) is 4.38. The van der Waals surface area contributed by atoms with E-state index < -0.39 is 36.5 Å². The SMILES string of the molecule is CC(C)c1ccc(-c2ccc([C@H](CC(=O)O)NC(=O)CNC(=O)c3cc(O)cc(NC4=NCC(O)CN4)c3)cc2)c2ccccc12. The van der Waals surface area contributed by atoms with Crippen LogP contribution in [0.15, 0.2) is 83.9 Å². The summed E-state index contributed by atoms with van der Waals surface area (Å²) in [6, 6.07) is 23.3. The molecule has 238 valence electrons. The number of carboxylic acid groups (broad SMARTS) is 1. The predicted octanol–water partition coefficient (Wildman–Crippen LogP) is 4.13. The van der Waals surface area contributed by atoms with Crippen LogP contribution in [0.1, 0.15) is 53.7 Å². The summed E-state index contributed by atoms with van der Waals surface area (Å²) < 4.78 is 0. The molecule has 0 bridgehead atoms. The van der Waals surface area contributed by atoms with Crippen LogP contribution in [0.4, 0.5) is 5.69 Å². The van der Waals surface area contributed by atoms with E-state index >= 15 is 0 Å². The first-order chi connectivity index (χ1) is 22.1. The number of phenols is 1. The van der Waals surface area contributed by atoms with Gasteiger partial charge in [0, 0.05) is 23.9 Å². The zero-order chi connectivity index (χ0) is 32.8. The van der Waals surface area contributed by atoms with Gasteiger partial charge < -0.3 is 36.6 Å². The van der Waals surface area contributed by atoms with Crippen LogP contribution in [0.3, 0.4) is 0 Å². The van der Waals surface area contributed by atoms with E-state index in [4.69, 9.17) is 0 Å². The fourth-order valence-electron chi connectivity index (χ4n) is 5.47. The van der Waals surface area contributed by atoms with Crippen molar-refractivity contribution in [1.29, 1.82) is 0 Å². The maximum absolute atomic E-state index is 12.9. The second-order valence-electron chi connectivity index (χ2n) is 11.5. The van der Waals surface area contributed by atoms with Gasteiger partial charge in [-0.05, 0) is 51.1 Å². The van der Waals surface area contributed by atoms with Gasteiger partial charge in [0.15, 0.2) is 5.96 Å². The molecule has 7 N–H and O–H groups in total. The first kappa shape index (κ1) is 32.0. The number of aliphatic hydroxyl groups excluding tert-OH is 1. The molecular formula is C35H37N5O6. The van der Waals surface area contributed by atoms with Gasteiger partial charge in [0.25, 0.3) is 5.91 Å². The smallest absolute Gasteiger partial charge is 0.305 e. The van der Waals surface area contributed by atoms with Gasteiger partial charge in [-0.1, -0.05) is 74.5 Å². The molecule has 0 spiro atoms. The van der Waals surface area contributed by atoms with Gasteiger partial charge in [0.1, 0.15) is 5.75 Å². The molecule has 0 aliphatic carbocycles. The molecule has 1 aliphatic rings. The van der Waals surface area contributed by atoms with Crippen molar-refractivity contribution < 1.29 is 29.7 Å². The number of guanidine groups is 1. The fraction of sp³-hybridized carbons (Fsp3) is 0.257. The normalized spacial score (nSPS) is 15.0. The third-order valence-electron chi connectivity index (χ3n) is 7.74. The number of fused-ring (bicyclic) bond motifs is 1. The molecule has 5 rings (SSSR count). The molecule has 11 heteroatoms. The van der Waals surface area contributed by atoms with Crippen LogP contribution in [-0.4, -0.2) is 64.8 Å². The Morgan fingerprint density at radius 3 is 2.39 bits per heavy atom. The maximum atomic E-state index is 12.9. The summed E-state index contributed by atoms with van der Waals surface area (Å²) in [6.07, 6.45) is -0.938. The zero-order valence-corrected chi connectivity index (χ0v) is 25.6. The van der Waals surface area contributed by atoms with Crippen LogP contribution >= 0.6 is 0 Å². The minimum Gasteiger partial charge on any atom is -0.508 e. The lowest BCUT2D eigenvalue weighted by Crippen LogP contribution is -2.42. The summed E-state index contributed by atoms with van der Waals surface area (Å²) in [7, 11) is 0. The minimum absolute atomic E-state index is 0.0957. The number of nitrogens with zero attached hydrogens (tertiary/aromatic N) is 1. The number of aliphatic carboxylic acids is 1. The van der Waals surface area contributed by atoms with Crippen molar-refractivity contribution in [3.05, 3.63) is 95.6 Å². The molecule has 4 aromatic rings. The van der Waals surface area contributed by atoms with Crippen LogP contribution in [0, 0.1) is 0 Å². The van der Waals surface area contributed by atoms with Crippen molar-refractivity contribution in [2.24, 2.45) is 4.99 Å². The van der Waals surface area contributed by atoms with Crippen molar-refractivity contribution in [3.8, 4) is 16.9 Å². The maximum Gasteiger partial charge on any atom is 0.305 e. The molecule has 0 saturated carbocycles. The molecule has 1 aliphatic heterocycles. The molecule has 2 atom stereocenters. The van der Waals surface area contributed by atoms with E-state index in [2.05, 4.69) is 64.4 Å². The van der Waals surface area contributed by atoms with E-state index in [9.17, 15) is 29.7 Å². The average Bonchev–Trinajstić information content (AvgIpc) is 3.03. The molecule has 2 amide bonds. The Balaban J connectivity index is 1.25. The number of aromatic hydroxyl groups is 1. The van der Waals surface area contributed by atoms with Crippen LogP contribution in [0.5, 0.6) is 5.75 Å². The summed E-state index contributed by atoms with van der Waals surface area (Å²) in [5, 5.41) is 42.7. The predicted molar refractivity (Wildman–Crippen MR) is 177 cm³/mol. The van der Waals surface area contributed by atoms with Crippen molar-refractivity contribution in [3.63, 3.8) is 0 Å².